The van der Waals surface area contributed by atoms with Gasteiger partial charge in [0.25, 0.3) is 0 Å². The lowest BCUT2D eigenvalue weighted by molar-refractivity contribution is 0.488. The second kappa shape index (κ2) is 2.79. The third kappa shape index (κ3) is 1.84. The van der Waals surface area contributed by atoms with E-state index in [9.17, 15) is 0 Å². The predicted molar refractivity (Wildman–Crippen MR) is 44.7 cm³/mol. The third-order valence-corrected chi connectivity index (χ3v) is 1.74. The summed E-state index contributed by atoms with van der Waals surface area (Å²) in [5.41, 5.74) is 0.957. The van der Waals surface area contributed by atoms with Gasteiger partial charge >= 0.3 is 0 Å². The molecular weight excluding hydrogens is 136 g/mol. The predicted octanol–water partition coefficient (Wildman–Crippen LogP) is 1.72. The minimum absolute atomic E-state index is 0.159. The van der Waals surface area contributed by atoms with Crippen molar-refractivity contribution in [2.75, 3.05) is 0 Å². The van der Waals surface area contributed by atoms with E-state index in [0.717, 1.165) is 5.70 Å². The first-order chi connectivity index (χ1) is 5.16. The van der Waals surface area contributed by atoms with Crippen LogP contribution in [0.25, 0.3) is 0 Å². The number of nitriles is 1. The molecule has 0 aromatic carbocycles. The first-order valence-electron chi connectivity index (χ1n) is 3.67. The number of hydrogen-bond acceptors (Lipinski definition) is 2. The van der Waals surface area contributed by atoms with E-state index in [-0.39, 0.29) is 5.54 Å². The molecule has 11 heavy (non-hydrogen) atoms. The number of rotatable bonds is 1. The summed E-state index contributed by atoms with van der Waals surface area (Å²) in [6, 6.07) is 2.16. The van der Waals surface area contributed by atoms with Crippen molar-refractivity contribution in [3.63, 3.8) is 0 Å². The molecule has 1 atom stereocenters. The van der Waals surface area contributed by atoms with Crippen LogP contribution in [0.15, 0.2) is 23.9 Å². The van der Waals surface area contributed by atoms with Crippen molar-refractivity contribution in [2.45, 2.75) is 25.8 Å². The Bertz CT molecular complexity index is 245. The summed E-state index contributed by atoms with van der Waals surface area (Å²) >= 11 is 0. The summed E-state index contributed by atoms with van der Waals surface area (Å²) in [4.78, 5) is 0. The zero-order chi connectivity index (χ0) is 8.32. The minimum Gasteiger partial charge on any atom is -0.379 e. The maximum absolute atomic E-state index is 8.53. The Morgan fingerprint density at radius 3 is 3.00 bits per heavy atom. The molecule has 1 rings (SSSR count). The molecule has 1 unspecified atom stereocenters. The van der Waals surface area contributed by atoms with Crippen molar-refractivity contribution >= 4 is 0 Å². The van der Waals surface area contributed by atoms with E-state index in [1.165, 1.54) is 0 Å². The number of nitrogens with one attached hydrogen (secondary N) is 1. The van der Waals surface area contributed by atoms with E-state index in [1.807, 2.05) is 32.1 Å². The van der Waals surface area contributed by atoms with Gasteiger partial charge in [-0.15, -0.1) is 0 Å². The monoisotopic (exact) mass is 148 g/mol. The average Bonchev–Trinajstić information content (AvgIpc) is 1.86. The molecule has 58 valence electrons. The fraction of sp³-hybridized carbons (Fsp3) is 0.444. The van der Waals surface area contributed by atoms with Gasteiger partial charge in [-0.1, -0.05) is 12.2 Å². The van der Waals surface area contributed by atoms with Gasteiger partial charge in [-0.3, -0.25) is 0 Å². The normalized spacial score (nSPS) is 28.6. The molecule has 1 N–H and O–H groups in total. The van der Waals surface area contributed by atoms with Gasteiger partial charge in [0.15, 0.2) is 0 Å². The smallest absolute Gasteiger partial charge is 0.0657 e. The van der Waals surface area contributed by atoms with Crippen LogP contribution in [-0.2, 0) is 0 Å². The molecule has 0 aromatic rings. The third-order valence-electron chi connectivity index (χ3n) is 1.74. The Labute approximate surface area is 67.2 Å². The second-order valence-electron chi connectivity index (χ2n) is 3.09. The number of hydrogen-bond donors (Lipinski definition) is 1. The van der Waals surface area contributed by atoms with Crippen LogP contribution >= 0.6 is 0 Å². The van der Waals surface area contributed by atoms with Crippen molar-refractivity contribution in [1.29, 1.82) is 5.26 Å². The molecule has 0 radical (unpaired) electrons. The molecule has 2 nitrogen and oxygen atoms in total. The highest BCUT2D eigenvalue weighted by atomic mass is 15.0. The topological polar surface area (TPSA) is 35.8 Å². The fourth-order valence-electron chi connectivity index (χ4n) is 1.21. The van der Waals surface area contributed by atoms with Gasteiger partial charge in [0.05, 0.1) is 18.0 Å². The molecule has 0 bridgehead atoms. The van der Waals surface area contributed by atoms with Crippen molar-refractivity contribution in [1.82, 2.24) is 5.32 Å². The standard InChI is InChI=1S/C9H12N2/c1-8-4-3-5-9(2,11-8)6-7-10/h3-5,11H,6H2,1-2H3. The van der Waals surface area contributed by atoms with Crippen LogP contribution in [0.3, 0.4) is 0 Å². The second-order valence-corrected chi connectivity index (χ2v) is 3.09. The Morgan fingerprint density at radius 2 is 2.45 bits per heavy atom. The molecule has 0 aliphatic carbocycles. The summed E-state index contributed by atoms with van der Waals surface area (Å²) in [5, 5.41) is 11.8. The molecule has 0 saturated carbocycles. The van der Waals surface area contributed by atoms with E-state index in [2.05, 4.69) is 11.4 Å². The largest absolute Gasteiger partial charge is 0.379 e. The molecule has 0 aromatic heterocycles. The van der Waals surface area contributed by atoms with Crippen molar-refractivity contribution in [2.24, 2.45) is 0 Å². The maximum Gasteiger partial charge on any atom is 0.0657 e. The summed E-state index contributed by atoms with van der Waals surface area (Å²) in [6.45, 7) is 4.02. The van der Waals surface area contributed by atoms with Crippen LogP contribution in [0.1, 0.15) is 20.3 Å². The summed E-state index contributed by atoms with van der Waals surface area (Å²) < 4.78 is 0. The lowest BCUT2D eigenvalue weighted by atomic mass is 9.95. The van der Waals surface area contributed by atoms with Crippen LogP contribution < -0.4 is 5.32 Å². The van der Waals surface area contributed by atoms with Crippen LogP contribution in [-0.4, -0.2) is 5.54 Å². The molecule has 0 amide bonds. The van der Waals surface area contributed by atoms with E-state index in [1.54, 1.807) is 0 Å². The minimum atomic E-state index is -0.159. The van der Waals surface area contributed by atoms with Crippen molar-refractivity contribution < 1.29 is 0 Å². The lowest BCUT2D eigenvalue weighted by Gasteiger charge is -2.28. The van der Waals surface area contributed by atoms with E-state index in [4.69, 9.17) is 5.26 Å². The number of nitrogens with zero attached hydrogens (tertiary/aromatic N) is 1. The van der Waals surface area contributed by atoms with E-state index >= 15 is 0 Å². The van der Waals surface area contributed by atoms with Crippen molar-refractivity contribution in [3.05, 3.63) is 23.9 Å². The van der Waals surface area contributed by atoms with Crippen LogP contribution in [0.5, 0.6) is 0 Å². The molecule has 0 saturated heterocycles. The zero-order valence-corrected chi connectivity index (χ0v) is 6.89. The Balaban J connectivity index is 2.71. The van der Waals surface area contributed by atoms with E-state index in [0.29, 0.717) is 6.42 Å². The highest BCUT2D eigenvalue weighted by molar-refractivity contribution is 5.24. The Morgan fingerprint density at radius 1 is 1.73 bits per heavy atom. The highest BCUT2D eigenvalue weighted by Crippen LogP contribution is 2.16. The van der Waals surface area contributed by atoms with Gasteiger partial charge in [-0.05, 0) is 19.9 Å². The molecule has 0 fully saturated rings. The van der Waals surface area contributed by atoms with E-state index < -0.39 is 0 Å². The van der Waals surface area contributed by atoms with Gasteiger partial charge in [0.1, 0.15) is 0 Å². The molecule has 1 aliphatic rings. The fourth-order valence-corrected chi connectivity index (χ4v) is 1.21. The summed E-state index contributed by atoms with van der Waals surface area (Å²) in [7, 11) is 0. The maximum atomic E-state index is 8.53. The van der Waals surface area contributed by atoms with Crippen LogP contribution in [0, 0.1) is 11.3 Å². The summed E-state index contributed by atoms with van der Waals surface area (Å²) in [5.74, 6) is 0. The van der Waals surface area contributed by atoms with Gasteiger partial charge < -0.3 is 5.32 Å². The first kappa shape index (κ1) is 7.87. The SMILES string of the molecule is CC1=CC=CC(C)(CC#N)N1. The number of allylic oxidation sites excluding steroid dienone is 3. The van der Waals surface area contributed by atoms with Gasteiger partial charge in [0, 0.05) is 5.70 Å². The molecule has 0 spiro atoms. The molecule has 1 heterocycles. The number of dihydropyridines is 1. The van der Waals surface area contributed by atoms with Gasteiger partial charge in [-0.25, -0.2) is 0 Å². The van der Waals surface area contributed by atoms with Gasteiger partial charge in [0.2, 0.25) is 0 Å². The van der Waals surface area contributed by atoms with Crippen LogP contribution in [0.2, 0.25) is 0 Å². The van der Waals surface area contributed by atoms with Crippen LogP contribution in [0.4, 0.5) is 0 Å². The van der Waals surface area contributed by atoms with Gasteiger partial charge in [-0.2, -0.15) is 5.26 Å². The molecule has 1 aliphatic heterocycles. The first-order valence-corrected chi connectivity index (χ1v) is 3.67. The average molecular weight is 148 g/mol. The molecule has 2 heteroatoms. The zero-order valence-electron chi connectivity index (χ0n) is 6.89. The summed E-state index contributed by atoms with van der Waals surface area (Å²) in [6.07, 6.45) is 6.51. The Kier molecular flexibility index (Phi) is 2.00. The van der Waals surface area contributed by atoms with Crippen molar-refractivity contribution in [3.8, 4) is 6.07 Å². The molecular formula is C9H12N2. The highest BCUT2D eigenvalue weighted by Gasteiger charge is 2.21. The lowest BCUT2D eigenvalue weighted by Crippen LogP contribution is -2.40. The Hall–Kier alpha value is -1.23. The quantitative estimate of drug-likeness (QED) is 0.614.